The Balaban J connectivity index is 1.46. The van der Waals surface area contributed by atoms with Crippen molar-refractivity contribution in [1.29, 1.82) is 0 Å². The minimum Gasteiger partial charge on any atom is -0.478 e. The van der Waals surface area contributed by atoms with Crippen LogP contribution in [0, 0.1) is 19.7 Å². The summed E-state index contributed by atoms with van der Waals surface area (Å²) in [5.41, 5.74) is 5.37. The number of nitrogens with one attached hydrogen (secondary N) is 2. The summed E-state index contributed by atoms with van der Waals surface area (Å²) in [6.45, 7) is 4.37. The lowest BCUT2D eigenvalue weighted by Crippen LogP contribution is -2.32. The zero-order chi connectivity index (χ0) is 28.4. The molecule has 5 rings (SSSR count). The minimum atomic E-state index is -0.976. The second-order valence-electron chi connectivity index (χ2n) is 9.64. The Bertz CT molecular complexity index is 1550. The van der Waals surface area contributed by atoms with Gasteiger partial charge in [0.2, 0.25) is 5.91 Å². The second kappa shape index (κ2) is 11.3. The number of benzene rings is 2. The SMILES string of the molecule is Cc1cc([C@H]2[C@H](c3ccccn3)NC(=S)N2CCC(=O)Nc2ccc(F)cc2)c(C)n1-c1ccc(C(=O)O)cc1. The van der Waals surface area contributed by atoms with E-state index in [9.17, 15) is 19.1 Å². The molecule has 0 unspecified atom stereocenters. The number of amides is 1. The van der Waals surface area contributed by atoms with Gasteiger partial charge in [0.05, 0.1) is 23.3 Å². The normalized spacial score (nSPS) is 16.6. The summed E-state index contributed by atoms with van der Waals surface area (Å²) in [6, 6.07) is 19.7. The maximum absolute atomic E-state index is 13.3. The number of hydrogen-bond donors (Lipinski definition) is 3. The summed E-state index contributed by atoms with van der Waals surface area (Å²) in [5.74, 6) is -1.56. The molecule has 204 valence electrons. The summed E-state index contributed by atoms with van der Waals surface area (Å²) in [7, 11) is 0. The van der Waals surface area contributed by atoms with Gasteiger partial charge in [-0.05, 0) is 98.4 Å². The quantitative estimate of drug-likeness (QED) is 0.252. The molecule has 8 nitrogen and oxygen atoms in total. The van der Waals surface area contributed by atoms with Gasteiger partial charge in [0, 0.05) is 41.9 Å². The highest BCUT2D eigenvalue weighted by molar-refractivity contribution is 7.80. The van der Waals surface area contributed by atoms with Gasteiger partial charge in [-0.25, -0.2) is 9.18 Å². The van der Waals surface area contributed by atoms with Gasteiger partial charge in [-0.2, -0.15) is 0 Å². The topological polar surface area (TPSA) is 99.5 Å². The maximum Gasteiger partial charge on any atom is 0.335 e. The number of carboxylic acid groups (broad SMARTS) is 1. The molecule has 0 spiro atoms. The van der Waals surface area contributed by atoms with Crippen LogP contribution in [0.4, 0.5) is 10.1 Å². The third-order valence-electron chi connectivity index (χ3n) is 7.07. The van der Waals surface area contributed by atoms with Crippen molar-refractivity contribution in [3.63, 3.8) is 0 Å². The van der Waals surface area contributed by atoms with E-state index in [1.54, 1.807) is 30.5 Å². The van der Waals surface area contributed by atoms with Gasteiger partial charge >= 0.3 is 5.97 Å². The highest BCUT2D eigenvalue weighted by Gasteiger charge is 2.41. The van der Waals surface area contributed by atoms with Crippen molar-refractivity contribution >= 4 is 34.9 Å². The van der Waals surface area contributed by atoms with Crippen LogP contribution in [0.5, 0.6) is 0 Å². The first-order chi connectivity index (χ1) is 19.2. The number of carboxylic acids is 1. The Morgan fingerprint density at radius 1 is 1.07 bits per heavy atom. The van der Waals surface area contributed by atoms with E-state index < -0.39 is 5.97 Å². The van der Waals surface area contributed by atoms with Crippen LogP contribution in [0.2, 0.25) is 0 Å². The smallest absolute Gasteiger partial charge is 0.335 e. The van der Waals surface area contributed by atoms with E-state index in [4.69, 9.17) is 12.2 Å². The van der Waals surface area contributed by atoms with Crippen LogP contribution in [0.25, 0.3) is 5.69 Å². The van der Waals surface area contributed by atoms with Crippen LogP contribution in [-0.4, -0.2) is 43.1 Å². The molecule has 0 radical (unpaired) electrons. The number of rotatable bonds is 8. The molecule has 1 amide bonds. The summed E-state index contributed by atoms with van der Waals surface area (Å²) in [6.07, 6.45) is 1.91. The van der Waals surface area contributed by atoms with Gasteiger partial charge in [-0.15, -0.1) is 0 Å². The number of carbonyl (C=O) groups is 2. The zero-order valence-corrected chi connectivity index (χ0v) is 22.8. The molecular weight excluding hydrogens is 529 g/mol. The molecule has 40 heavy (non-hydrogen) atoms. The lowest BCUT2D eigenvalue weighted by Gasteiger charge is -2.28. The third kappa shape index (κ3) is 5.43. The van der Waals surface area contributed by atoms with Crippen molar-refractivity contribution in [1.82, 2.24) is 19.8 Å². The predicted molar refractivity (Wildman–Crippen MR) is 154 cm³/mol. The number of aromatic carboxylic acids is 1. The largest absolute Gasteiger partial charge is 0.478 e. The maximum atomic E-state index is 13.3. The molecular formula is C30H28FN5O3S. The lowest BCUT2D eigenvalue weighted by atomic mass is 9.96. The van der Waals surface area contributed by atoms with E-state index in [0.29, 0.717) is 17.3 Å². The number of thiocarbonyl (C=S) groups is 1. The Morgan fingerprint density at radius 2 is 1.80 bits per heavy atom. The Morgan fingerprint density at radius 3 is 2.45 bits per heavy atom. The van der Waals surface area contributed by atoms with Crippen molar-refractivity contribution in [2.24, 2.45) is 0 Å². The number of aromatic nitrogens is 2. The highest BCUT2D eigenvalue weighted by Crippen LogP contribution is 2.41. The number of aryl methyl sites for hydroxylation is 1. The molecule has 1 aliphatic heterocycles. The van der Waals surface area contributed by atoms with Gasteiger partial charge in [0.1, 0.15) is 5.82 Å². The molecule has 3 N–H and O–H groups in total. The molecule has 4 aromatic rings. The number of pyridine rings is 1. The first kappa shape index (κ1) is 27.0. The van der Waals surface area contributed by atoms with Gasteiger partial charge in [-0.3, -0.25) is 9.78 Å². The van der Waals surface area contributed by atoms with Crippen LogP contribution in [0.15, 0.2) is 79.0 Å². The van der Waals surface area contributed by atoms with Gasteiger partial charge in [0.15, 0.2) is 5.11 Å². The molecule has 0 aliphatic carbocycles. The minimum absolute atomic E-state index is 0.167. The van der Waals surface area contributed by atoms with Crippen molar-refractivity contribution < 1.29 is 19.1 Å². The molecule has 1 fully saturated rings. The lowest BCUT2D eigenvalue weighted by molar-refractivity contribution is -0.116. The summed E-state index contributed by atoms with van der Waals surface area (Å²) in [4.78, 5) is 30.7. The fourth-order valence-electron chi connectivity index (χ4n) is 5.20. The first-order valence-electron chi connectivity index (χ1n) is 12.8. The molecule has 2 aromatic heterocycles. The highest BCUT2D eigenvalue weighted by atomic mass is 32.1. The molecule has 2 aromatic carbocycles. The predicted octanol–water partition coefficient (Wildman–Crippen LogP) is 5.33. The van der Waals surface area contributed by atoms with Crippen LogP contribution in [0.3, 0.4) is 0 Å². The Kier molecular flexibility index (Phi) is 7.61. The zero-order valence-electron chi connectivity index (χ0n) is 22.0. The van der Waals surface area contributed by atoms with Crippen LogP contribution in [0.1, 0.15) is 51.5 Å². The molecule has 10 heteroatoms. The number of halogens is 1. The average Bonchev–Trinajstić information content (AvgIpc) is 3.43. The van der Waals surface area contributed by atoms with Gasteiger partial charge in [-0.1, -0.05) is 6.07 Å². The van der Waals surface area contributed by atoms with Crippen LogP contribution >= 0.6 is 12.2 Å². The molecule has 1 saturated heterocycles. The molecule has 0 bridgehead atoms. The fraction of sp³-hybridized carbons (Fsp3) is 0.200. The van der Waals surface area contributed by atoms with Crippen molar-refractivity contribution in [3.8, 4) is 5.69 Å². The Hall–Kier alpha value is -4.57. The van der Waals surface area contributed by atoms with E-state index in [1.807, 2.05) is 36.9 Å². The van der Waals surface area contributed by atoms with Crippen molar-refractivity contribution in [3.05, 3.63) is 113 Å². The number of hydrogen-bond acceptors (Lipinski definition) is 4. The van der Waals surface area contributed by atoms with Crippen LogP contribution < -0.4 is 10.6 Å². The third-order valence-corrected chi connectivity index (χ3v) is 7.42. The average molecular weight is 558 g/mol. The summed E-state index contributed by atoms with van der Waals surface area (Å²) < 4.78 is 15.3. The summed E-state index contributed by atoms with van der Waals surface area (Å²) >= 11 is 5.76. The molecule has 2 atom stereocenters. The monoisotopic (exact) mass is 557 g/mol. The molecule has 0 saturated carbocycles. The summed E-state index contributed by atoms with van der Waals surface area (Å²) in [5, 5.41) is 16.0. The number of carbonyl (C=O) groups excluding carboxylic acids is 1. The van der Waals surface area contributed by atoms with E-state index in [0.717, 1.165) is 28.3 Å². The first-order valence-corrected chi connectivity index (χ1v) is 13.2. The van der Waals surface area contributed by atoms with Crippen molar-refractivity contribution in [2.45, 2.75) is 32.4 Å². The van der Waals surface area contributed by atoms with Gasteiger partial charge < -0.3 is 25.2 Å². The van der Waals surface area contributed by atoms with E-state index in [1.165, 1.54) is 24.3 Å². The molecule has 3 heterocycles. The molecule has 1 aliphatic rings. The van der Waals surface area contributed by atoms with E-state index in [-0.39, 0.29) is 35.8 Å². The number of nitrogens with zero attached hydrogens (tertiary/aromatic N) is 3. The fourth-order valence-corrected chi connectivity index (χ4v) is 5.53. The van der Waals surface area contributed by atoms with E-state index >= 15 is 0 Å². The van der Waals surface area contributed by atoms with Gasteiger partial charge in [0.25, 0.3) is 0 Å². The standard InChI is InChI=1S/C30H28FN5O3S/c1-18-17-24(19(2)36(18)23-12-6-20(7-13-23)29(38)39)28-27(25-5-3-4-15-32-25)34-30(40)35(28)16-14-26(37)33-22-10-8-21(31)9-11-22/h3-13,15,17,27-28H,14,16H2,1-2H3,(H,33,37)(H,34,40)(H,38,39)/t27-,28-/m0/s1. The second-order valence-corrected chi connectivity index (χ2v) is 10.0. The van der Waals surface area contributed by atoms with E-state index in [2.05, 4.69) is 26.3 Å². The number of anilines is 1. The Labute approximate surface area is 236 Å². The van der Waals surface area contributed by atoms with Crippen LogP contribution in [-0.2, 0) is 4.79 Å². The van der Waals surface area contributed by atoms with Crippen molar-refractivity contribution in [2.75, 3.05) is 11.9 Å².